The van der Waals surface area contributed by atoms with Crippen LogP contribution < -0.4 is 0 Å². The van der Waals surface area contributed by atoms with Crippen LogP contribution in [0, 0.1) is 0 Å². The largest absolute Gasteiger partial charge is 0.430 e. The zero-order valence-electron chi connectivity index (χ0n) is 12.5. The van der Waals surface area contributed by atoms with Crippen LogP contribution >= 0.6 is 0 Å². The van der Waals surface area contributed by atoms with Crippen molar-refractivity contribution in [1.29, 1.82) is 0 Å². The summed E-state index contributed by atoms with van der Waals surface area (Å²) in [5.74, 6) is 0. The van der Waals surface area contributed by atoms with Crippen molar-refractivity contribution in [1.82, 2.24) is 0 Å². The van der Waals surface area contributed by atoms with Crippen LogP contribution in [0.15, 0.2) is 48.5 Å². The van der Waals surface area contributed by atoms with Crippen molar-refractivity contribution in [3.05, 3.63) is 59.7 Å². The monoisotopic (exact) mass is 348 g/mol. The maximum atomic E-state index is 12.9. The SMILES string of the molecule is CCc1ccccc1-c1ccc(C(O)(C(F)(F)F)C(F)(F)F)cc1. The molecule has 0 radical (unpaired) electrons. The van der Waals surface area contributed by atoms with E-state index in [0.717, 1.165) is 17.7 Å². The topological polar surface area (TPSA) is 20.2 Å². The van der Waals surface area contributed by atoms with Crippen LogP contribution in [0.5, 0.6) is 0 Å². The van der Waals surface area contributed by atoms with Gasteiger partial charge in [-0.15, -0.1) is 0 Å². The Balaban J connectivity index is 2.52. The number of aliphatic hydroxyl groups is 1. The average Bonchev–Trinajstić information content (AvgIpc) is 2.52. The molecule has 0 fully saturated rings. The summed E-state index contributed by atoms with van der Waals surface area (Å²) in [5.41, 5.74) is -4.06. The Labute approximate surface area is 134 Å². The Hall–Kier alpha value is -2.02. The number of alkyl halides is 6. The number of rotatable bonds is 3. The maximum Gasteiger partial charge on any atom is 0.430 e. The third-order valence-electron chi connectivity index (χ3n) is 3.83. The molecule has 0 aliphatic heterocycles. The lowest BCUT2D eigenvalue weighted by molar-refractivity contribution is -0.376. The van der Waals surface area contributed by atoms with Gasteiger partial charge in [-0.25, -0.2) is 0 Å². The van der Waals surface area contributed by atoms with Gasteiger partial charge in [-0.1, -0.05) is 55.5 Å². The second-order valence-corrected chi connectivity index (χ2v) is 5.29. The summed E-state index contributed by atoms with van der Waals surface area (Å²) in [6.45, 7) is 1.89. The fraction of sp³-hybridized carbons (Fsp3) is 0.294. The lowest BCUT2D eigenvalue weighted by atomic mass is 9.90. The van der Waals surface area contributed by atoms with Crippen LogP contribution in [0.3, 0.4) is 0 Å². The van der Waals surface area contributed by atoms with E-state index in [2.05, 4.69) is 0 Å². The molecule has 0 bridgehead atoms. The molecule has 130 valence electrons. The van der Waals surface area contributed by atoms with Gasteiger partial charge < -0.3 is 5.11 Å². The number of aryl methyl sites for hydroxylation is 1. The first-order chi connectivity index (χ1) is 11.0. The predicted molar refractivity (Wildman–Crippen MR) is 77.3 cm³/mol. The van der Waals surface area contributed by atoms with Gasteiger partial charge in [0.1, 0.15) is 0 Å². The fourth-order valence-electron chi connectivity index (χ4n) is 2.49. The molecule has 0 amide bonds. The Bertz CT molecular complexity index is 686. The van der Waals surface area contributed by atoms with Gasteiger partial charge in [0.2, 0.25) is 0 Å². The number of benzene rings is 2. The summed E-state index contributed by atoms with van der Waals surface area (Å²) in [4.78, 5) is 0. The predicted octanol–water partition coefficient (Wildman–Crippen LogP) is 5.23. The average molecular weight is 348 g/mol. The standard InChI is InChI=1S/C17H14F6O/c1-2-11-5-3-4-6-14(11)12-7-9-13(10-8-12)15(24,16(18,19)20)17(21,22)23/h3-10,24H,2H2,1H3. The van der Waals surface area contributed by atoms with Gasteiger partial charge in [0.05, 0.1) is 0 Å². The fourth-order valence-corrected chi connectivity index (χ4v) is 2.49. The molecule has 7 heteroatoms. The summed E-state index contributed by atoms with van der Waals surface area (Å²) in [6, 6.07) is 10.7. The molecule has 2 aromatic rings. The van der Waals surface area contributed by atoms with Gasteiger partial charge in [0.15, 0.2) is 0 Å². The molecule has 0 heterocycles. The first-order valence-corrected chi connectivity index (χ1v) is 7.07. The number of halogens is 6. The van der Waals surface area contributed by atoms with E-state index < -0.39 is 23.5 Å². The van der Waals surface area contributed by atoms with E-state index in [0.29, 0.717) is 29.7 Å². The zero-order valence-corrected chi connectivity index (χ0v) is 12.5. The Morgan fingerprint density at radius 2 is 1.29 bits per heavy atom. The van der Waals surface area contributed by atoms with Crippen molar-refractivity contribution in [3.63, 3.8) is 0 Å². The highest BCUT2D eigenvalue weighted by molar-refractivity contribution is 5.67. The van der Waals surface area contributed by atoms with Crippen molar-refractivity contribution in [2.75, 3.05) is 0 Å². The molecule has 0 saturated heterocycles. The molecule has 24 heavy (non-hydrogen) atoms. The van der Waals surface area contributed by atoms with E-state index in [9.17, 15) is 31.4 Å². The molecule has 0 spiro atoms. The molecule has 0 aliphatic rings. The molecule has 0 saturated carbocycles. The summed E-state index contributed by atoms with van der Waals surface area (Å²) in [5, 5.41) is 9.37. The van der Waals surface area contributed by atoms with Gasteiger partial charge in [0, 0.05) is 5.56 Å². The molecule has 2 rings (SSSR count). The van der Waals surface area contributed by atoms with Gasteiger partial charge in [-0.2, -0.15) is 26.3 Å². The summed E-state index contributed by atoms with van der Waals surface area (Å²) >= 11 is 0. The van der Waals surface area contributed by atoms with Crippen LogP contribution in [0.4, 0.5) is 26.3 Å². The highest BCUT2D eigenvalue weighted by Crippen LogP contribution is 2.50. The minimum atomic E-state index is -5.88. The van der Waals surface area contributed by atoms with Gasteiger partial charge in [-0.3, -0.25) is 0 Å². The van der Waals surface area contributed by atoms with E-state index >= 15 is 0 Å². The van der Waals surface area contributed by atoms with Crippen molar-refractivity contribution in [2.24, 2.45) is 0 Å². The highest BCUT2D eigenvalue weighted by Gasteiger charge is 2.71. The molecule has 0 atom stereocenters. The van der Waals surface area contributed by atoms with Crippen molar-refractivity contribution < 1.29 is 31.4 Å². The van der Waals surface area contributed by atoms with Crippen molar-refractivity contribution in [3.8, 4) is 11.1 Å². The number of hydrogen-bond donors (Lipinski definition) is 1. The molecule has 0 unspecified atom stereocenters. The summed E-state index contributed by atoms with van der Waals surface area (Å²) < 4.78 is 77.1. The minimum absolute atomic E-state index is 0.475. The second-order valence-electron chi connectivity index (χ2n) is 5.29. The molecule has 1 nitrogen and oxygen atoms in total. The van der Waals surface area contributed by atoms with E-state index in [1.165, 1.54) is 0 Å². The first kappa shape index (κ1) is 18.3. The normalized spacial score (nSPS) is 13.2. The van der Waals surface area contributed by atoms with Crippen molar-refractivity contribution in [2.45, 2.75) is 31.3 Å². The minimum Gasteiger partial charge on any atom is -0.369 e. The quantitative estimate of drug-likeness (QED) is 0.753. The molecule has 0 aliphatic carbocycles. The molecule has 0 aromatic heterocycles. The van der Waals surface area contributed by atoms with Crippen molar-refractivity contribution >= 4 is 0 Å². The third kappa shape index (κ3) is 3.00. The zero-order chi connectivity index (χ0) is 18.2. The Morgan fingerprint density at radius 3 is 1.75 bits per heavy atom. The lowest BCUT2D eigenvalue weighted by Crippen LogP contribution is -2.53. The van der Waals surface area contributed by atoms with E-state index in [-0.39, 0.29) is 0 Å². The van der Waals surface area contributed by atoms with Crippen LogP contribution in [-0.2, 0) is 12.0 Å². The van der Waals surface area contributed by atoms with Gasteiger partial charge in [0.25, 0.3) is 5.60 Å². The molecule has 1 N–H and O–H groups in total. The van der Waals surface area contributed by atoms with E-state index in [1.807, 2.05) is 13.0 Å². The maximum absolute atomic E-state index is 12.9. The second kappa shape index (κ2) is 6.12. The van der Waals surface area contributed by atoms with Crippen LogP contribution in [0.25, 0.3) is 11.1 Å². The van der Waals surface area contributed by atoms with E-state index in [4.69, 9.17) is 0 Å². The number of hydrogen-bond acceptors (Lipinski definition) is 1. The Morgan fingerprint density at radius 1 is 0.792 bits per heavy atom. The third-order valence-corrected chi connectivity index (χ3v) is 3.83. The van der Waals surface area contributed by atoms with Gasteiger partial charge in [-0.05, 0) is 23.1 Å². The Kier molecular flexibility index (Phi) is 4.68. The lowest BCUT2D eigenvalue weighted by Gasteiger charge is -2.32. The van der Waals surface area contributed by atoms with Gasteiger partial charge >= 0.3 is 12.4 Å². The summed E-state index contributed by atoms with van der Waals surface area (Å²) in [7, 11) is 0. The molecular weight excluding hydrogens is 334 g/mol. The van der Waals surface area contributed by atoms with Crippen LogP contribution in [-0.4, -0.2) is 17.5 Å². The smallest absolute Gasteiger partial charge is 0.369 e. The van der Waals surface area contributed by atoms with Crippen LogP contribution in [0.2, 0.25) is 0 Å². The first-order valence-electron chi connectivity index (χ1n) is 7.07. The summed E-state index contributed by atoms with van der Waals surface area (Å²) in [6.07, 6.45) is -11.1. The van der Waals surface area contributed by atoms with Crippen LogP contribution in [0.1, 0.15) is 18.1 Å². The molecular formula is C17H14F6O. The molecule has 2 aromatic carbocycles. The van der Waals surface area contributed by atoms with E-state index in [1.54, 1.807) is 18.2 Å². The highest BCUT2D eigenvalue weighted by atomic mass is 19.4.